The molecule has 0 saturated heterocycles. The molecule has 2 aromatic heterocycles. The summed E-state index contributed by atoms with van der Waals surface area (Å²) in [6, 6.07) is 10.7. The van der Waals surface area contributed by atoms with Gasteiger partial charge in [-0.1, -0.05) is 31.1 Å². The molecule has 1 aliphatic carbocycles. The number of aryl methyl sites for hydroxylation is 1. The van der Waals surface area contributed by atoms with Gasteiger partial charge in [-0.3, -0.25) is 9.59 Å². The van der Waals surface area contributed by atoms with E-state index in [0.717, 1.165) is 31.5 Å². The predicted molar refractivity (Wildman–Crippen MR) is 124 cm³/mol. The van der Waals surface area contributed by atoms with Crippen LogP contribution in [0.3, 0.4) is 0 Å². The number of carbonyl (C=O) groups excluding carboxylic acids is 2. The van der Waals surface area contributed by atoms with Crippen molar-refractivity contribution in [3.8, 4) is 0 Å². The fourth-order valence-corrected chi connectivity index (χ4v) is 4.21. The van der Waals surface area contributed by atoms with Crippen molar-refractivity contribution in [2.24, 2.45) is 5.92 Å². The minimum Gasteiger partial charge on any atom is -0.340 e. The Balaban J connectivity index is 1.34. The lowest BCUT2D eigenvalue weighted by molar-refractivity contribution is -0.116. The average molecular weight is 453 g/mol. The van der Waals surface area contributed by atoms with Crippen molar-refractivity contribution < 1.29 is 14.1 Å². The van der Waals surface area contributed by atoms with E-state index in [0.29, 0.717) is 29.5 Å². The third kappa shape index (κ3) is 5.82. The number of benzene rings is 1. The fraction of sp³-hybridized carbons (Fsp3) is 0.417. The zero-order valence-corrected chi connectivity index (χ0v) is 19.2. The molecule has 7 nitrogen and oxygen atoms in total. The highest BCUT2D eigenvalue weighted by Gasteiger charge is 2.31. The third-order valence-corrected chi connectivity index (χ3v) is 6.37. The largest absolute Gasteiger partial charge is 0.340 e. The minimum absolute atomic E-state index is 0.0577. The lowest BCUT2D eigenvalue weighted by Gasteiger charge is -2.18. The van der Waals surface area contributed by atoms with Gasteiger partial charge in [-0.15, -0.1) is 11.3 Å². The second kappa shape index (κ2) is 10.1. The van der Waals surface area contributed by atoms with Gasteiger partial charge in [-0.25, -0.2) is 0 Å². The smallest absolute Gasteiger partial charge is 0.252 e. The number of carbonyl (C=O) groups is 2. The second-order valence-electron chi connectivity index (χ2n) is 8.52. The molecule has 1 aliphatic rings. The number of thiophene rings is 1. The lowest BCUT2D eigenvalue weighted by atomic mass is 10.0. The van der Waals surface area contributed by atoms with Crippen LogP contribution in [0.25, 0.3) is 0 Å². The number of amides is 2. The van der Waals surface area contributed by atoms with Crippen LogP contribution in [-0.4, -0.2) is 22.0 Å². The van der Waals surface area contributed by atoms with Gasteiger partial charge < -0.3 is 15.2 Å². The molecule has 4 rings (SSSR count). The summed E-state index contributed by atoms with van der Waals surface area (Å²) in [6.07, 6.45) is 4.29. The first kappa shape index (κ1) is 22.2. The van der Waals surface area contributed by atoms with E-state index in [-0.39, 0.29) is 23.8 Å². The highest BCUT2D eigenvalue weighted by Crippen LogP contribution is 2.38. The van der Waals surface area contributed by atoms with Gasteiger partial charge in [0.1, 0.15) is 6.04 Å². The van der Waals surface area contributed by atoms with Crippen molar-refractivity contribution >= 4 is 28.8 Å². The highest BCUT2D eigenvalue weighted by molar-refractivity contribution is 7.09. The van der Waals surface area contributed by atoms with Gasteiger partial charge in [0.25, 0.3) is 5.91 Å². The van der Waals surface area contributed by atoms with E-state index in [9.17, 15) is 9.59 Å². The number of anilines is 1. The molecule has 32 heavy (non-hydrogen) atoms. The molecule has 0 radical (unpaired) electrons. The van der Waals surface area contributed by atoms with Crippen LogP contribution >= 0.6 is 11.3 Å². The molecule has 1 atom stereocenters. The van der Waals surface area contributed by atoms with Crippen molar-refractivity contribution in [2.75, 3.05) is 5.32 Å². The maximum Gasteiger partial charge on any atom is 0.252 e. The Morgan fingerprint density at radius 1 is 1.22 bits per heavy atom. The van der Waals surface area contributed by atoms with Crippen LogP contribution in [0.15, 0.2) is 46.3 Å². The molecule has 1 fully saturated rings. The molecule has 2 amide bonds. The van der Waals surface area contributed by atoms with E-state index < -0.39 is 0 Å². The Bertz CT molecular complexity index is 1060. The topological polar surface area (TPSA) is 97.1 Å². The molecule has 8 heteroatoms. The molecule has 2 N–H and O–H groups in total. The van der Waals surface area contributed by atoms with Crippen LogP contribution in [0.5, 0.6) is 0 Å². The van der Waals surface area contributed by atoms with Gasteiger partial charge in [0, 0.05) is 28.5 Å². The zero-order chi connectivity index (χ0) is 22.5. The summed E-state index contributed by atoms with van der Waals surface area (Å²) in [5.41, 5.74) is 1.07. The van der Waals surface area contributed by atoms with Gasteiger partial charge in [0.05, 0.1) is 0 Å². The molecule has 2 heterocycles. The summed E-state index contributed by atoms with van der Waals surface area (Å²) in [5, 5.41) is 12.0. The van der Waals surface area contributed by atoms with E-state index in [1.807, 2.05) is 25.3 Å². The Hall–Kier alpha value is -3.00. The predicted octanol–water partition coefficient (Wildman–Crippen LogP) is 5.10. The second-order valence-corrected chi connectivity index (χ2v) is 9.55. The molecule has 0 spiro atoms. The van der Waals surface area contributed by atoms with Gasteiger partial charge >= 0.3 is 0 Å². The molecular weight excluding hydrogens is 424 g/mol. The van der Waals surface area contributed by atoms with Crippen molar-refractivity contribution in [3.05, 3.63) is 63.9 Å². The van der Waals surface area contributed by atoms with E-state index in [2.05, 4.69) is 26.8 Å². The van der Waals surface area contributed by atoms with Gasteiger partial charge in [-0.2, -0.15) is 4.98 Å². The Morgan fingerprint density at radius 3 is 2.78 bits per heavy atom. The van der Waals surface area contributed by atoms with E-state index in [4.69, 9.17) is 4.52 Å². The van der Waals surface area contributed by atoms with Crippen LogP contribution in [0.4, 0.5) is 5.69 Å². The third-order valence-electron chi connectivity index (χ3n) is 5.43. The SMILES string of the molecule is CC(C)C(NC(=O)c1cccc(NC(=O)CCCc2cccs2)c1)c1nc(C2CC2)no1. The summed E-state index contributed by atoms with van der Waals surface area (Å²) in [4.78, 5) is 31.0. The maximum atomic E-state index is 12.9. The number of nitrogens with one attached hydrogen (secondary N) is 2. The van der Waals surface area contributed by atoms with Crippen molar-refractivity contribution in [1.29, 1.82) is 0 Å². The fourth-order valence-electron chi connectivity index (χ4n) is 3.46. The van der Waals surface area contributed by atoms with Gasteiger partial charge in [0.15, 0.2) is 5.82 Å². The molecule has 0 aliphatic heterocycles. The van der Waals surface area contributed by atoms with Crippen LogP contribution in [-0.2, 0) is 11.2 Å². The first-order valence-corrected chi connectivity index (χ1v) is 11.9. The molecule has 3 aromatic rings. The van der Waals surface area contributed by atoms with Gasteiger partial charge in [0.2, 0.25) is 11.8 Å². The normalized spacial score (nSPS) is 14.3. The van der Waals surface area contributed by atoms with Crippen LogP contribution < -0.4 is 10.6 Å². The summed E-state index contributed by atoms with van der Waals surface area (Å²) < 4.78 is 5.43. The molecular formula is C24H28N4O3S. The standard InChI is InChI=1S/C24H28N4O3S/c1-15(2)21(24-27-22(28-31-24)16-11-12-16)26-23(30)17-6-3-7-18(14-17)25-20(29)10-4-8-19-9-5-13-32-19/h3,5-7,9,13-16,21H,4,8,10-12H2,1-2H3,(H,25,29)(H,26,30). The molecule has 168 valence electrons. The summed E-state index contributed by atoms with van der Waals surface area (Å²) in [7, 11) is 0. The van der Waals surface area contributed by atoms with Crippen molar-refractivity contribution in [3.63, 3.8) is 0 Å². The first-order chi connectivity index (χ1) is 15.5. The maximum absolute atomic E-state index is 12.9. The quantitative estimate of drug-likeness (QED) is 0.446. The Morgan fingerprint density at radius 2 is 2.06 bits per heavy atom. The first-order valence-electron chi connectivity index (χ1n) is 11.1. The number of nitrogens with zero attached hydrogens (tertiary/aromatic N) is 2. The lowest BCUT2D eigenvalue weighted by Crippen LogP contribution is -2.32. The molecule has 1 saturated carbocycles. The van der Waals surface area contributed by atoms with E-state index >= 15 is 0 Å². The molecule has 1 unspecified atom stereocenters. The Labute approximate surface area is 191 Å². The zero-order valence-electron chi connectivity index (χ0n) is 18.3. The number of hydrogen-bond donors (Lipinski definition) is 2. The molecule has 0 bridgehead atoms. The van der Waals surface area contributed by atoms with Crippen LogP contribution in [0.2, 0.25) is 0 Å². The number of rotatable bonds is 10. The monoisotopic (exact) mass is 452 g/mol. The summed E-state index contributed by atoms with van der Waals surface area (Å²) in [5.74, 6) is 1.33. The van der Waals surface area contributed by atoms with E-state index in [1.54, 1.807) is 35.6 Å². The van der Waals surface area contributed by atoms with Crippen molar-refractivity contribution in [2.45, 2.75) is 57.9 Å². The van der Waals surface area contributed by atoms with E-state index in [1.165, 1.54) is 4.88 Å². The van der Waals surface area contributed by atoms with Gasteiger partial charge in [-0.05, 0) is 61.2 Å². The summed E-state index contributed by atoms with van der Waals surface area (Å²) >= 11 is 1.70. The number of aromatic nitrogens is 2. The minimum atomic E-state index is -0.377. The molecule has 1 aromatic carbocycles. The Kier molecular flexibility index (Phi) is 6.99. The van der Waals surface area contributed by atoms with Crippen molar-refractivity contribution in [1.82, 2.24) is 15.5 Å². The number of hydrogen-bond acceptors (Lipinski definition) is 6. The summed E-state index contributed by atoms with van der Waals surface area (Å²) in [6.45, 7) is 4.00. The van der Waals surface area contributed by atoms with Crippen LogP contribution in [0, 0.1) is 5.92 Å². The highest BCUT2D eigenvalue weighted by atomic mass is 32.1. The average Bonchev–Trinajstić information content (AvgIpc) is 3.27. The van der Waals surface area contributed by atoms with Crippen LogP contribution in [0.1, 0.15) is 78.4 Å².